The number of nitriles is 1. The van der Waals surface area contributed by atoms with E-state index in [4.69, 9.17) is 5.26 Å². The first kappa shape index (κ1) is 22.2. The maximum Gasteiger partial charge on any atom is 0.417 e. The summed E-state index contributed by atoms with van der Waals surface area (Å²) in [6.07, 6.45) is -3.26. The SMILES string of the molecule is CCCCC1(c2ccc(O)cc2)C(=O)N(c2ccc(C#N)c(C(F)(F)F)c2)C(=O)N1C. The lowest BCUT2D eigenvalue weighted by Crippen LogP contribution is -2.45. The Labute approximate surface area is 177 Å². The molecule has 6 nitrogen and oxygen atoms in total. The minimum atomic E-state index is -4.82. The molecule has 3 rings (SSSR count). The van der Waals surface area contributed by atoms with Gasteiger partial charge in [-0.2, -0.15) is 18.4 Å². The highest BCUT2D eigenvalue weighted by atomic mass is 19.4. The standard InChI is InChI=1S/C22H20F3N3O3/c1-3-4-11-21(15-6-9-17(29)10-7-15)19(30)28(20(31)27(21)2)16-8-5-14(13-26)18(12-16)22(23,24)25/h5-10,12,29H,3-4,11H2,1-2H3. The van der Waals surface area contributed by atoms with E-state index >= 15 is 0 Å². The molecule has 3 amide bonds. The number of benzene rings is 2. The molecule has 162 valence electrons. The average molecular weight is 431 g/mol. The summed E-state index contributed by atoms with van der Waals surface area (Å²) < 4.78 is 40.3. The van der Waals surface area contributed by atoms with Crippen LogP contribution in [0.3, 0.4) is 0 Å². The monoisotopic (exact) mass is 431 g/mol. The first-order valence-electron chi connectivity index (χ1n) is 9.61. The van der Waals surface area contributed by atoms with Gasteiger partial charge in [0.25, 0.3) is 5.91 Å². The lowest BCUT2D eigenvalue weighted by atomic mass is 9.83. The van der Waals surface area contributed by atoms with Gasteiger partial charge in [-0.3, -0.25) is 4.79 Å². The number of hydrogen-bond acceptors (Lipinski definition) is 4. The normalized spacial score (nSPS) is 19.1. The fourth-order valence-corrected chi connectivity index (χ4v) is 3.87. The number of phenolic OH excluding ortho intramolecular Hbond substituents is 1. The second-order valence-corrected chi connectivity index (χ2v) is 7.33. The van der Waals surface area contributed by atoms with Gasteiger partial charge in [-0.05, 0) is 42.3 Å². The first-order chi connectivity index (χ1) is 14.6. The van der Waals surface area contributed by atoms with Gasteiger partial charge in [-0.25, -0.2) is 9.69 Å². The van der Waals surface area contributed by atoms with Crippen LogP contribution in [0.15, 0.2) is 42.5 Å². The molecule has 2 aromatic carbocycles. The number of carbonyl (C=O) groups is 2. The van der Waals surface area contributed by atoms with Crippen LogP contribution in [-0.2, 0) is 16.5 Å². The summed E-state index contributed by atoms with van der Waals surface area (Å²) in [7, 11) is 1.43. The largest absolute Gasteiger partial charge is 0.508 e. The zero-order valence-electron chi connectivity index (χ0n) is 16.9. The van der Waals surface area contributed by atoms with Crippen molar-refractivity contribution in [2.75, 3.05) is 11.9 Å². The van der Waals surface area contributed by atoms with Crippen LogP contribution in [0.2, 0.25) is 0 Å². The van der Waals surface area contributed by atoms with Gasteiger partial charge in [-0.1, -0.05) is 31.9 Å². The van der Waals surface area contributed by atoms with Gasteiger partial charge >= 0.3 is 12.2 Å². The van der Waals surface area contributed by atoms with Crippen LogP contribution in [0.4, 0.5) is 23.7 Å². The summed E-state index contributed by atoms with van der Waals surface area (Å²) in [5.41, 5.74) is -3.05. The summed E-state index contributed by atoms with van der Waals surface area (Å²) in [4.78, 5) is 28.6. The number of aromatic hydroxyl groups is 1. The quantitative estimate of drug-likeness (QED) is 0.692. The van der Waals surface area contributed by atoms with Gasteiger partial charge in [0.1, 0.15) is 11.3 Å². The number of anilines is 1. The molecule has 1 N–H and O–H groups in total. The molecule has 0 aliphatic carbocycles. The van der Waals surface area contributed by atoms with E-state index in [-0.39, 0.29) is 17.9 Å². The topological polar surface area (TPSA) is 84.6 Å². The van der Waals surface area contributed by atoms with Crippen molar-refractivity contribution < 1.29 is 27.9 Å². The van der Waals surface area contributed by atoms with E-state index in [1.807, 2.05) is 6.92 Å². The highest BCUT2D eigenvalue weighted by molar-refractivity contribution is 6.23. The molecule has 1 unspecified atom stereocenters. The van der Waals surface area contributed by atoms with Crippen molar-refractivity contribution in [3.63, 3.8) is 0 Å². The van der Waals surface area contributed by atoms with Crippen LogP contribution in [0.5, 0.6) is 5.75 Å². The van der Waals surface area contributed by atoms with Crippen LogP contribution >= 0.6 is 0 Å². The van der Waals surface area contributed by atoms with Crippen LogP contribution < -0.4 is 4.90 Å². The minimum Gasteiger partial charge on any atom is -0.508 e. The lowest BCUT2D eigenvalue weighted by molar-refractivity contribution is -0.137. The number of nitrogens with zero attached hydrogens (tertiary/aromatic N) is 3. The number of alkyl halides is 3. The fourth-order valence-electron chi connectivity index (χ4n) is 3.87. The zero-order valence-corrected chi connectivity index (χ0v) is 16.9. The number of hydrogen-bond donors (Lipinski definition) is 1. The van der Waals surface area contributed by atoms with E-state index in [1.54, 1.807) is 0 Å². The number of urea groups is 1. The summed E-state index contributed by atoms with van der Waals surface area (Å²) in [6, 6.07) is 9.29. The number of amides is 3. The van der Waals surface area contributed by atoms with Crippen molar-refractivity contribution in [2.24, 2.45) is 0 Å². The third kappa shape index (κ3) is 3.58. The van der Waals surface area contributed by atoms with Crippen molar-refractivity contribution in [1.29, 1.82) is 5.26 Å². The van der Waals surface area contributed by atoms with Crippen molar-refractivity contribution in [3.8, 4) is 11.8 Å². The Bertz CT molecular complexity index is 1060. The summed E-state index contributed by atoms with van der Waals surface area (Å²) in [6.45, 7) is 1.92. The molecule has 1 aliphatic rings. The van der Waals surface area contributed by atoms with E-state index in [1.165, 1.54) is 42.3 Å². The van der Waals surface area contributed by atoms with Gasteiger partial charge in [-0.15, -0.1) is 0 Å². The predicted octanol–water partition coefficient (Wildman–Crippen LogP) is 4.77. The van der Waals surface area contributed by atoms with Crippen LogP contribution in [0.25, 0.3) is 0 Å². The molecule has 31 heavy (non-hydrogen) atoms. The molecule has 2 aromatic rings. The van der Waals surface area contributed by atoms with Gasteiger partial charge in [0, 0.05) is 7.05 Å². The maximum atomic E-state index is 13.6. The number of likely N-dealkylation sites (N-methyl/N-ethyl adjacent to an activating group) is 1. The number of halogens is 3. The van der Waals surface area contributed by atoms with Crippen LogP contribution in [0.1, 0.15) is 42.9 Å². The molecular weight excluding hydrogens is 411 g/mol. The van der Waals surface area contributed by atoms with E-state index in [0.717, 1.165) is 23.5 Å². The third-order valence-electron chi connectivity index (χ3n) is 5.53. The maximum absolute atomic E-state index is 13.6. The Morgan fingerprint density at radius 2 is 1.77 bits per heavy atom. The molecule has 1 saturated heterocycles. The van der Waals surface area contributed by atoms with Crippen LogP contribution in [0, 0.1) is 11.3 Å². The molecule has 0 aromatic heterocycles. The second-order valence-electron chi connectivity index (χ2n) is 7.33. The number of carbonyl (C=O) groups excluding carboxylic acids is 2. The molecule has 0 radical (unpaired) electrons. The zero-order chi connectivity index (χ0) is 23.0. The molecule has 0 spiro atoms. The van der Waals surface area contributed by atoms with E-state index in [0.29, 0.717) is 18.1 Å². The van der Waals surface area contributed by atoms with Crippen molar-refractivity contribution in [3.05, 3.63) is 59.2 Å². The van der Waals surface area contributed by atoms with Gasteiger partial charge in [0.15, 0.2) is 0 Å². The van der Waals surface area contributed by atoms with Crippen molar-refractivity contribution in [1.82, 2.24) is 4.90 Å². The Morgan fingerprint density at radius 1 is 1.13 bits per heavy atom. The smallest absolute Gasteiger partial charge is 0.417 e. The molecular formula is C22H20F3N3O3. The highest BCUT2D eigenvalue weighted by Crippen LogP contribution is 2.44. The Hall–Kier alpha value is -3.54. The molecule has 1 heterocycles. The molecule has 0 saturated carbocycles. The minimum absolute atomic E-state index is 0.0208. The van der Waals surface area contributed by atoms with E-state index in [9.17, 15) is 27.9 Å². The molecule has 1 fully saturated rings. The third-order valence-corrected chi connectivity index (χ3v) is 5.53. The lowest BCUT2D eigenvalue weighted by Gasteiger charge is -2.33. The summed E-state index contributed by atoms with van der Waals surface area (Å²) in [5.74, 6) is -0.704. The molecule has 1 aliphatic heterocycles. The molecule has 0 bridgehead atoms. The first-order valence-corrected chi connectivity index (χ1v) is 9.61. The Kier molecular flexibility index (Phi) is 5.68. The Balaban J connectivity index is 2.17. The average Bonchev–Trinajstić information content (AvgIpc) is 2.92. The van der Waals surface area contributed by atoms with Crippen LogP contribution in [-0.4, -0.2) is 29.0 Å². The number of rotatable bonds is 5. The molecule has 9 heteroatoms. The Morgan fingerprint density at radius 3 is 2.32 bits per heavy atom. The molecule has 1 atom stereocenters. The van der Waals surface area contributed by atoms with Gasteiger partial charge < -0.3 is 10.0 Å². The van der Waals surface area contributed by atoms with Gasteiger partial charge in [0.05, 0.1) is 22.9 Å². The van der Waals surface area contributed by atoms with Gasteiger partial charge in [0.2, 0.25) is 0 Å². The summed E-state index contributed by atoms with van der Waals surface area (Å²) >= 11 is 0. The number of phenols is 1. The highest BCUT2D eigenvalue weighted by Gasteiger charge is 2.57. The van der Waals surface area contributed by atoms with Crippen molar-refractivity contribution >= 4 is 17.6 Å². The van der Waals surface area contributed by atoms with Crippen molar-refractivity contribution in [2.45, 2.75) is 37.9 Å². The predicted molar refractivity (Wildman–Crippen MR) is 106 cm³/mol. The fraction of sp³-hybridized carbons (Fsp3) is 0.318. The number of unbranched alkanes of at least 4 members (excludes halogenated alkanes) is 1. The number of imide groups is 1. The summed E-state index contributed by atoms with van der Waals surface area (Å²) in [5, 5.41) is 18.6. The van der Waals surface area contributed by atoms with E-state index < -0.39 is 34.8 Å². The van der Waals surface area contributed by atoms with E-state index in [2.05, 4.69) is 0 Å². The second kappa shape index (κ2) is 7.95.